The average Bonchev–Trinajstić information content (AvgIpc) is 3.12. The topological polar surface area (TPSA) is 64.1 Å². The molecule has 3 heterocycles. The predicted molar refractivity (Wildman–Crippen MR) is 131 cm³/mol. The van der Waals surface area contributed by atoms with E-state index in [0.717, 1.165) is 33.5 Å². The van der Waals surface area contributed by atoms with E-state index in [0.29, 0.717) is 6.41 Å². The molecule has 0 spiro atoms. The summed E-state index contributed by atoms with van der Waals surface area (Å²) in [5, 5.41) is 4.55. The van der Waals surface area contributed by atoms with Gasteiger partial charge in [-0.2, -0.15) is 0 Å². The number of amides is 1. The number of ether oxygens (including phenoxy) is 1. The molecule has 160 valence electrons. The van der Waals surface area contributed by atoms with Crippen LogP contribution in [-0.2, 0) is 4.79 Å². The molecule has 6 heteroatoms. The number of benzene rings is 2. The molecule has 0 radical (unpaired) electrons. The maximum atomic E-state index is 9.06. The zero-order valence-corrected chi connectivity index (χ0v) is 18.9. The van der Waals surface area contributed by atoms with E-state index in [1.807, 2.05) is 41.7 Å². The van der Waals surface area contributed by atoms with E-state index >= 15 is 0 Å². The van der Waals surface area contributed by atoms with Crippen LogP contribution in [0.5, 0.6) is 11.5 Å². The van der Waals surface area contributed by atoms with E-state index < -0.39 is 0 Å². The van der Waals surface area contributed by atoms with Crippen LogP contribution in [0.2, 0.25) is 0 Å². The molecule has 5 aromatic rings. The molecule has 0 bridgehead atoms. The lowest BCUT2D eigenvalue weighted by Crippen LogP contribution is -1.98. The van der Waals surface area contributed by atoms with Crippen molar-refractivity contribution >= 4 is 38.7 Å². The lowest BCUT2D eigenvalue weighted by Gasteiger charge is -2.10. The molecule has 1 N–H and O–H groups in total. The summed E-state index contributed by atoms with van der Waals surface area (Å²) in [6.45, 7) is 4.34. The number of carbonyl (C=O) groups excluding carboxylic acids is 1. The third-order valence-corrected chi connectivity index (χ3v) is 6.38. The molecule has 32 heavy (non-hydrogen) atoms. The van der Waals surface area contributed by atoms with Gasteiger partial charge in [0.05, 0.1) is 5.52 Å². The van der Waals surface area contributed by atoms with Crippen LogP contribution in [0.15, 0.2) is 73.2 Å². The number of aryl methyl sites for hydroxylation is 2. The third kappa shape index (κ3) is 4.45. The van der Waals surface area contributed by atoms with Gasteiger partial charge in [-0.25, -0.2) is 0 Å². The van der Waals surface area contributed by atoms with Gasteiger partial charge in [0.25, 0.3) is 0 Å². The van der Waals surface area contributed by atoms with Crippen LogP contribution in [0.25, 0.3) is 32.1 Å². The summed E-state index contributed by atoms with van der Waals surface area (Å²) < 4.78 is 7.55. The van der Waals surface area contributed by atoms with Gasteiger partial charge in [0.1, 0.15) is 11.5 Å². The van der Waals surface area contributed by atoms with Gasteiger partial charge >= 0.3 is 0 Å². The standard InChI is InChI=1S/C24H18N2OS.C2H5NO/c1-15-16(2)28-24-14-19(4-5-20(15)24)27-23-9-12-26-22-6-3-18(13-21(22)23)17-7-10-25-11-8-17;1-3-2-4/h3-14H,1-2H3;2H,1H3,(H,3,4). The molecule has 0 fully saturated rings. The van der Waals surface area contributed by atoms with Crippen molar-refractivity contribution in [2.75, 3.05) is 7.05 Å². The Kier molecular flexibility index (Phi) is 6.42. The van der Waals surface area contributed by atoms with Crippen molar-refractivity contribution in [2.45, 2.75) is 13.8 Å². The number of fused-ring (bicyclic) bond motifs is 2. The van der Waals surface area contributed by atoms with Gasteiger partial charge in [0, 0.05) is 40.6 Å². The quantitative estimate of drug-likeness (QED) is 0.333. The van der Waals surface area contributed by atoms with Crippen molar-refractivity contribution < 1.29 is 9.53 Å². The zero-order valence-electron chi connectivity index (χ0n) is 18.1. The number of hydrogen-bond donors (Lipinski definition) is 1. The fraction of sp³-hybridized carbons (Fsp3) is 0.115. The van der Waals surface area contributed by atoms with Crippen molar-refractivity contribution in [3.05, 3.63) is 83.6 Å². The first-order valence-electron chi connectivity index (χ1n) is 10.2. The molecule has 0 unspecified atom stereocenters. The number of nitrogens with zero attached hydrogens (tertiary/aromatic N) is 2. The molecule has 0 saturated heterocycles. The van der Waals surface area contributed by atoms with E-state index in [1.165, 1.54) is 20.5 Å². The molecule has 0 aliphatic carbocycles. The van der Waals surface area contributed by atoms with Crippen LogP contribution in [0.3, 0.4) is 0 Å². The van der Waals surface area contributed by atoms with E-state index in [2.05, 4.69) is 53.4 Å². The highest BCUT2D eigenvalue weighted by atomic mass is 32.1. The van der Waals surface area contributed by atoms with Crippen LogP contribution in [0, 0.1) is 13.8 Å². The summed E-state index contributed by atoms with van der Waals surface area (Å²) in [5.74, 6) is 1.65. The van der Waals surface area contributed by atoms with Crippen molar-refractivity contribution in [2.24, 2.45) is 0 Å². The van der Waals surface area contributed by atoms with Crippen LogP contribution in [-0.4, -0.2) is 23.4 Å². The summed E-state index contributed by atoms with van der Waals surface area (Å²) >= 11 is 1.81. The van der Waals surface area contributed by atoms with Gasteiger partial charge in [-0.05, 0) is 84.5 Å². The average molecular weight is 442 g/mol. The predicted octanol–water partition coefficient (Wildman–Crippen LogP) is 6.28. The maximum Gasteiger partial charge on any atom is 0.206 e. The zero-order chi connectivity index (χ0) is 22.5. The third-order valence-electron chi connectivity index (χ3n) is 5.21. The Hall–Kier alpha value is -3.77. The molecular formula is C26H23N3O2S. The van der Waals surface area contributed by atoms with Gasteiger partial charge < -0.3 is 10.1 Å². The second kappa shape index (κ2) is 9.58. The van der Waals surface area contributed by atoms with Gasteiger partial charge in [0.15, 0.2) is 0 Å². The Morgan fingerprint density at radius 1 is 0.906 bits per heavy atom. The lowest BCUT2D eigenvalue weighted by atomic mass is 10.0. The molecule has 5 nitrogen and oxygen atoms in total. The molecule has 2 aromatic carbocycles. The Labute approximate surface area is 190 Å². The smallest absolute Gasteiger partial charge is 0.206 e. The van der Waals surface area contributed by atoms with E-state index in [1.54, 1.807) is 25.6 Å². The highest BCUT2D eigenvalue weighted by Crippen LogP contribution is 2.36. The molecule has 0 saturated carbocycles. The molecule has 0 aliphatic heterocycles. The summed E-state index contributed by atoms with van der Waals surface area (Å²) in [7, 11) is 1.56. The first-order valence-corrected chi connectivity index (χ1v) is 11.0. The number of aromatic nitrogens is 2. The van der Waals surface area contributed by atoms with Crippen molar-refractivity contribution in [1.29, 1.82) is 0 Å². The molecule has 3 aromatic heterocycles. The van der Waals surface area contributed by atoms with E-state index in [-0.39, 0.29) is 0 Å². The minimum atomic E-state index is 0.625. The Bertz CT molecular complexity index is 1380. The van der Waals surface area contributed by atoms with Crippen molar-refractivity contribution in [3.8, 4) is 22.6 Å². The van der Waals surface area contributed by atoms with Crippen LogP contribution in [0.4, 0.5) is 0 Å². The Balaban J connectivity index is 0.000000567. The van der Waals surface area contributed by atoms with Crippen molar-refractivity contribution in [1.82, 2.24) is 15.3 Å². The first kappa shape index (κ1) is 21.5. The summed E-state index contributed by atoms with van der Waals surface area (Å²) in [6.07, 6.45) is 6.03. The molecular weight excluding hydrogens is 418 g/mol. The highest BCUT2D eigenvalue weighted by molar-refractivity contribution is 7.19. The van der Waals surface area contributed by atoms with Gasteiger partial charge in [0.2, 0.25) is 6.41 Å². The number of pyridine rings is 2. The number of nitrogens with one attached hydrogen (secondary N) is 1. The van der Waals surface area contributed by atoms with Crippen LogP contribution >= 0.6 is 11.3 Å². The lowest BCUT2D eigenvalue weighted by molar-refractivity contribution is -0.109. The number of hydrogen-bond acceptors (Lipinski definition) is 5. The monoisotopic (exact) mass is 441 g/mol. The number of rotatable bonds is 4. The Morgan fingerprint density at radius 2 is 1.69 bits per heavy atom. The normalized spacial score (nSPS) is 10.5. The number of carbonyl (C=O) groups is 1. The van der Waals surface area contributed by atoms with Crippen LogP contribution < -0.4 is 10.1 Å². The second-order valence-electron chi connectivity index (χ2n) is 7.23. The fourth-order valence-electron chi connectivity index (χ4n) is 3.45. The summed E-state index contributed by atoms with van der Waals surface area (Å²) in [5.41, 5.74) is 4.51. The van der Waals surface area contributed by atoms with Crippen LogP contribution in [0.1, 0.15) is 10.4 Å². The van der Waals surface area contributed by atoms with Crippen molar-refractivity contribution in [3.63, 3.8) is 0 Å². The second-order valence-corrected chi connectivity index (χ2v) is 8.48. The minimum Gasteiger partial charge on any atom is -0.457 e. The molecule has 1 amide bonds. The summed E-state index contributed by atoms with van der Waals surface area (Å²) in [6, 6.07) is 18.5. The highest BCUT2D eigenvalue weighted by Gasteiger charge is 2.10. The maximum absolute atomic E-state index is 9.06. The fourth-order valence-corrected chi connectivity index (χ4v) is 4.55. The Morgan fingerprint density at radius 3 is 2.44 bits per heavy atom. The minimum absolute atomic E-state index is 0.625. The van der Waals surface area contributed by atoms with E-state index in [9.17, 15) is 0 Å². The van der Waals surface area contributed by atoms with E-state index in [4.69, 9.17) is 9.53 Å². The first-order chi connectivity index (χ1) is 15.6. The molecule has 0 atom stereocenters. The SMILES string of the molecule is CNC=O.Cc1sc2cc(Oc3ccnc4ccc(-c5ccncc5)cc34)ccc2c1C. The molecule has 0 aliphatic rings. The van der Waals surface area contributed by atoms with Gasteiger partial charge in [-0.15, -0.1) is 11.3 Å². The number of thiophene rings is 1. The molecule has 5 rings (SSSR count). The van der Waals surface area contributed by atoms with Gasteiger partial charge in [-0.3, -0.25) is 14.8 Å². The largest absolute Gasteiger partial charge is 0.457 e. The van der Waals surface area contributed by atoms with Gasteiger partial charge in [-0.1, -0.05) is 6.07 Å². The summed E-state index contributed by atoms with van der Waals surface area (Å²) in [4.78, 5) is 19.0.